The zero-order chi connectivity index (χ0) is 13.0. The van der Waals surface area contributed by atoms with Crippen molar-refractivity contribution < 1.29 is 19.8 Å². The van der Waals surface area contributed by atoms with Crippen LogP contribution in [0, 0.1) is 10.1 Å². The van der Waals surface area contributed by atoms with Gasteiger partial charge in [-0.1, -0.05) is 18.7 Å². The number of rotatable bonds is 4. The van der Waals surface area contributed by atoms with E-state index in [1.165, 1.54) is 12.1 Å². The van der Waals surface area contributed by atoms with Crippen LogP contribution in [0.25, 0.3) is 0 Å². The monoisotopic (exact) mass is 236 g/mol. The van der Waals surface area contributed by atoms with Crippen LogP contribution in [-0.4, -0.2) is 28.0 Å². The second-order valence-electron chi connectivity index (χ2n) is 3.07. The van der Waals surface area contributed by atoms with Gasteiger partial charge in [0.2, 0.25) is 5.91 Å². The van der Waals surface area contributed by atoms with E-state index in [9.17, 15) is 14.9 Å². The summed E-state index contributed by atoms with van der Waals surface area (Å²) in [4.78, 5) is 21.1. The number of amides is 1. The fraction of sp³-hybridized carbons (Fsp3) is 0. The molecule has 0 unspecified atom stereocenters. The lowest BCUT2D eigenvalue weighted by molar-refractivity contribution is -0.383. The number of nitrogens with zero attached hydrogens (tertiary/aromatic N) is 1. The lowest BCUT2D eigenvalue weighted by atomic mass is 9.78. The van der Waals surface area contributed by atoms with Gasteiger partial charge < -0.3 is 15.4 Å². The van der Waals surface area contributed by atoms with Gasteiger partial charge in [0.1, 0.15) is 5.69 Å². The molecule has 8 heteroatoms. The van der Waals surface area contributed by atoms with Crippen LogP contribution in [0.1, 0.15) is 0 Å². The first-order valence-electron chi connectivity index (χ1n) is 4.54. The second kappa shape index (κ2) is 5.24. The fourth-order valence-electron chi connectivity index (χ4n) is 1.24. The van der Waals surface area contributed by atoms with Gasteiger partial charge in [-0.3, -0.25) is 14.9 Å². The van der Waals surface area contributed by atoms with Crippen molar-refractivity contribution in [3.05, 3.63) is 41.0 Å². The molecule has 0 fully saturated rings. The van der Waals surface area contributed by atoms with Crippen molar-refractivity contribution in [2.45, 2.75) is 0 Å². The summed E-state index contributed by atoms with van der Waals surface area (Å²) < 4.78 is 0. The van der Waals surface area contributed by atoms with Gasteiger partial charge in [0.15, 0.2) is 0 Å². The Kier molecular flexibility index (Phi) is 3.97. The van der Waals surface area contributed by atoms with Gasteiger partial charge in [0.25, 0.3) is 5.69 Å². The highest BCUT2D eigenvalue weighted by atomic mass is 16.6. The van der Waals surface area contributed by atoms with E-state index in [0.717, 1.165) is 12.1 Å². The standard InChI is InChI=1S/C9H9BN2O5/c1-2-8(13)11-9-6(10(14)15)4-3-5-7(9)12(16)17/h2-5,14-15H,1H2,(H,11,13). The normalized spacial score (nSPS) is 9.53. The predicted molar refractivity (Wildman–Crippen MR) is 61.7 cm³/mol. The third kappa shape index (κ3) is 2.89. The molecule has 1 amide bonds. The predicted octanol–water partition coefficient (Wildman–Crippen LogP) is -0.601. The summed E-state index contributed by atoms with van der Waals surface area (Å²) in [5, 5.41) is 31.0. The van der Waals surface area contributed by atoms with Gasteiger partial charge in [-0.05, 0) is 6.08 Å². The van der Waals surface area contributed by atoms with Gasteiger partial charge in [0, 0.05) is 11.5 Å². The van der Waals surface area contributed by atoms with E-state index >= 15 is 0 Å². The Bertz CT molecular complexity index is 474. The summed E-state index contributed by atoms with van der Waals surface area (Å²) >= 11 is 0. The number of hydrogen-bond donors (Lipinski definition) is 3. The molecule has 0 spiro atoms. The minimum absolute atomic E-state index is 0.158. The van der Waals surface area contributed by atoms with Gasteiger partial charge in [0.05, 0.1) is 4.92 Å². The van der Waals surface area contributed by atoms with E-state index in [4.69, 9.17) is 10.0 Å². The van der Waals surface area contributed by atoms with Gasteiger partial charge in [-0.25, -0.2) is 0 Å². The average Bonchev–Trinajstić information content (AvgIpc) is 2.28. The highest BCUT2D eigenvalue weighted by Gasteiger charge is 2.24. The number of nitro groups is 1. The lowest BCUT2D eigenvalue weighted by Crippen LogP contribution is -2.33. The molecule has 88 valence electrons. The maximum atomic E-state index is 11.1. The van der Waals surface area contributed by atoms with E-state index in [0.29, 0.717) is 0 Å². The first kappa shape index (κ1) is 12.9. The molecule has 17 heavy (non-hydrogen) atoms. The lowest BCUT2D eigenvalue weighted by Gasteiger charge is -2.09. The molecule has 0 aliphatic carbocycles. The van der Waals surface area contributed by atoms with Gasteiger partial charge in [-0.2, -0.15) is 0 Å². The van der Waals surface area contributed by atoms with E-state index in [-0.39, 0.29) is 11.2 Å². The number of carbonyl (C=O) groups excluding carboxylic acids is 1. The van der Waals surface area contributed by atoms with E-state index in [1.807, 2.05) is 0 Å². The maximum Gasteiger partial charge on any atom is 0.490 e. The first-order chi connectivity index (χ1) is 7.97. The van der Waals surface area contributed by atoms with Crippen molar-refractivity contribution >= 4 is 29.9 Å². The molecule has 3 N–H and O–H groups in total. The van der Waals surface area contributed by atoms with E-state index in [2.05, 4.69) is 11.9 Å². The molecule has 0 heterocycles. The molecule has 0 atom stereocenters. The van der Waals surface area contributed by atoms with Crippen molar-refractivity contribution in [3.63, 3.8) is 0 Å². The van der Waals surface area contributed by atoms with E-state index < -0.39 is 23.6 Å². The molecule has 0 saturated heterocycles. The summed E-state index contributed by atoms with van der Waals surface area (Å²) in [6, 6.07) is 3.69. The van der Waals surface area contributed by atoms with Gasteiger partial charge >= 0.3 is 7.12 Å². The van der Waals surface area contributed by atoms with Crippen LogP contribution < -0.4 is 10.8 Å². The molecule has 0 radical (unpaired) electrons. The molecule has 0 aliphatic heterocycles. The highest BCUT2D eigenvalue weighted by Crippen LogP contribution is 2.21. The minimum atomic E-state index is -1.92. The number of nitrogens with one attached hydrogen (secondary N) is 1. The van der Waals surface area contributed by atoms with Crippen LogP contribution >= 0.6 is 0 Å². The van der Waals surface area contributed by atoms with Crippen molar-refractivity contribution in [2.24, 2.45) is 0 Å². The fourth-order valence-corrected chi connectivity index (χ4v) is 1.24. The Labute approximate surface area is 96.7 Å². The zero-order valence-corrected chi connectivity index (χ0v) is 8.66. The number of benzene rings is 1. The van der Waals surface area contributed by atoms with Crippen LogP contribution in [0.4, 0.5) is 11.4 Å². The molecule has 0 saturated carbocycles. The molecule has 0 aromatic heterocycles. The molecule has 1 aromatic rings. The number of nitro benzene ring substituents is 1. The van der Waals surface area contributed by atoms with E-state index in [1.54, 1.807) is 0 Å². The second-order valence-corrected chi connectivity index (χ2v) is 3.07. The Morgan fingerprint density at radius 2 is 2.18 bits per heavy atom. The van der Waals surface area contributed by atoms with Crippen LogP contribution in [0.5, 0.6) is 0 Å². The topological polar surface area (TPSA) is 113 Å². The Balaban J connectivity index is 3.33. The van der Waals surface area contributed by atoms with Crippen LogP contribution in [0.15, 0.2) is 30.9 Å². The third-order valence-electron chi connectivity index (χ3n) is 1.98. The molecule has 1 rings (SSSR count). The Morgan fingerprint density at radius 1 is 1.53 bits per heavy atom. The smallest absolute Gasteiger partial charge is 0.423 e. The summed E-state index contributed by atoms with van der Waals surface area (Å²) in [6.45, 7) is 3.20. The number of para-hydroxylation sites is 1. The summed E-state index contributed by atoms with van der Waals surface area (Å²) in [5.74, 6) is -0.679. The summed E-state index contributed by atoms with van der Waals surface area (Å²) in [6.07, 6.45) is 0.921. The number of hydrogen-bond acceptors (Lipinski definition) is 5. The minimum Gasteiger partial charge on any atom is -0.423 e. The van der Waals surface area contributed by atoms with Crippen LogP contribution in [0.3, 0.4) is 0 Å². The van der Waals surface area contributed by atoms with Gasteiger partial charge in [-0.15, -0.1) is 0 Å². The quantitative estimate of drug-likeness (QED) is 0.279. The Hall–Kier alpha value is -2.19. The molecule has 1 aromatic carbocycles. The third-order valence-corrected chi connectivity index (χ3v) is 1.98. The van der Waals surface area contributed by atoms with Crippen LogP contribution in [-0.2, 0) is 4.79 Å². The van der Waals surface area contributed by atoms with Crippen molar-refractivity contribution in [1.29, 1.82) is 0 Å². The molecule has 0 aliphatic rings. The van der Waals surface area contributed by atoms with Crippen molar-refractivity contribution in [1.82, 2.24) is 0 Å². The highest BCUT2D eigenvalue weighted by molar-refractivity contribution is 6.61. The summed E-state index contributed by atoms with van der Waals surface area (Å²) in [5.41, 5.74) is -0.836. The van der Waals surface area contributed by atoms with Crippen molar-refractivity contribution in [2.75, 3.05) is 5.32 Å². The van der Waals surface area contributed by atoms with Crippen LogP contribution in [0.2, 0.25) is 0 Å². The molecular formula is C9H9BN2O5. The Morgan fingerprint density at radius 3 is 2.65 bits per heavy atom. The number of anilines is 1. The summed E-state index contributed by atoms with van der Waals surface area (Å²) in [7, 11) is -1.92. The molecule has 0 bridgehead atoms. The first-order valence-corrected chi connectivity index (χ1v) is 4.54. The average molecular weight is 236 g/mol. The maximum absolute atomic E-state index is 11.1. The largest absolute Gasteiger partial charge is 0.490 e. The molecular weight excluding hydrogens is 227 g/mol. The number of carbonyl (C=O) groups is 1. The SMILES string of the molecule is C=CC(=O)Nc1c(B(O)O)cccc1[N+](=O)[O-]. The van der Waals surface area contributed by atoms with Crippen molar-refractivity contribution in [3.8, 4) is 0 Å². The zero-order valence-electron chi connectivity index (χ0n) is 8.66. The molecule has 7 nitrogen and oxygen atoms in total.